The van der Waals surface area contributed by atoms with Crippen molar-refractivity contribution >= 4 is 23.2 Å². The maximum atomic E-state index is 13.0. The Balaban J connectivity index is 1.62. The van der Waals surface area contributed by atoms with Crippen molar-refractivity contribution in [2.75, 3.05) is 22.9 Å². The number of anilines is 2. The largest absolute Gasteiger partial charge is 0.365 e. The van der Waals surface area contributed by atoms with Crippen molar-refractivity contribution in [3.8, 4) is 0 Å². The first-order valence-electron chi connectivity index (χ1n) is 9.21. The highest BCUT2D eigenvalue weighted by Crippen LogP contribution is 2.34. The van der Waals surface area contributed by atoms with E-state index >= 15 is 0 Å². The lowest BCUT2D eigenvalue weighted by molar-refractivity contribution is -0.124. The van der Waals surface area contributed by atoms with Gasteiger partial charge in [-0.15, -0.1) is 0 Å². The lowest BCUT2D eigenvalue weighted by Crippen LogP contribution is -2.45. The highest BCUT2D eigenvalue weighted by Gasteiger charge is 2.33. The second-order valence-corrected chi connectivity index (χ2v) is 6.90. The van der Waals surface area contributed by atoms with Crippen molar-refractivity contribution in [2.24, 2.45) is 0 Å². The Bertz CT molecular complexity index is 806. The molecular weight excluding hydrogens is 326 g/mol. The van der Waals surface area contributed by atoms with Crippen LogP contribution in [0.3, 0.4) is 0 Å². The second kappa shape index (κ2) is 7.20. The highest BCUT2D eigenvalue weighted by molar-refractivity contribution is 6.03. The maximum absolute atomic E-state index is 13.0. The van der Waals surface area contributed by atoms with E-state index < -0.39 is 6.04 Å². The van der Waals surface area contributed by atoms with E-state index in [1.165, 1.54) is 5.56 Å². The summed E-state index contributed by atoms with van der Waals surface area (Å²) >= 11 is 0. The van der Waals surface area contributed by atoms with E-state index in [0.29, 0.717) is 19.4 Å². The molecule has 134 valence electrons. The van der Waals surface area contributed by atoms with Crippen LogP contribution in [0.4, 0.5) is 11.4 Å². The van der Waals surface area contributed by atoms with Crippen LogP contribution in [-0.2, 0) is 16.1 Å². The van der Waals surface area contributed by atoms with Crippen LogP contribution in [0.1, 0.15) is 24.8 Å². The van der Waals surface area contributed by atoms with Crippen LogP contribution in [0.5, 0.6) is 0 Å². The quantitative estimate of drug-likeness (QED) is 0.927. The summed E-state index contributed by atoms with van der Waals surface area (Å²) in [5.74, 6) is -0.0259. The van der Waals surface area contributed by atoms with Crippen molar-refractivity contribution < 1.29 is 9.59 Å². The summed E-state index contributed by atoms with van der Waals surface area (Å²) in [6.07, 6.45) is 1.92. The number of hydrogen-bond donors (Lipinski definition) is 1. The van der Waals surface area contributed by atoms with Crippen molar-refractivity contribution in [3.63, 3.8) is 0 Å². The van der Waals surface area contributed by atoms with Gasteiger partial charge in [0.15, 0.2) is 0 Å². The minimum Gasteiger partial charge on any atom is -0.365 e. The van der Waals surface area contributed by atoms with Gasteiger partial charge in [0.05, 0.1) is 11.4 Å². The Morgan fingerprint density at radius 3 is 2.46 bits per heavy atom. The molecule has 0 radical (unpaired) electrons. The van der Waals surface area contributed by atoms with E-state index in [0.717, 1.165) is 30.9 Å². The highest BCUT2D eigenvalue weighted by atomic mass is 16.2. The fraction of sp³-hybridized carbons (Fsp3) is 0.333. The third-order valence-electron chi connectivity index (χ3n) is 5.10. The molecule has 5 heteroatoms. The average Bonchev–Trinajstić information content (AvgIpc) is 3.03. The summed E-state index contributed by atoms with van der Waals surface area (Å²) in [5.41, 5.74) is 3.27. The number of benzene rings is 2. The molecule has 2 amide bonds. The number of rotatable bonds is 3. The zero-order valence-electron chi connectivity index (χ0n) is 14.7. The molecule has 0 spiro atoms. The van der Waals surface area contributed by atoms with Crippen LogP contribution in [0.15, 0.2) is 54.6 Å². The van der Waals surface area contributed by atoms with E-state index in [2.05, 4.69) is 40.5 Å². The summed E-state index contributed by atoms with van der Waals surface area (Å²) in [5, 5.41) is 2.81. The molecule has 0 bridgehead atoms. The first-order valence-corrected chi connectivity index (χ1v) is 9.21. The minimum absolute atomic E-state index is 0.00450. The molecule has 2 aliphatic rings. The number of carbonyl (C=O) groups excluding carboxylic acids is 2. The normalized spacial score (nSPS) is 19.7. The third-order valence-corrected chi connectivity index (χ3v) is 5.10. The van der Waals surface area contributed by atoms with Crippen LogP contribution in [0.25, 0.3) is 0 Å². The predicted molar refractivity (Wildman–Crippen MR) is 102 cm³/mol. The number of nitrogens with zero attached hydrogens (tertiary/aromatic N) is 2. The zero-order chi connectivity index (χ0) is 17.9. The molecule has 2 heterocycles. The number of fused-ring (bicyclic) bond motifs is 1. The van der Waals surface area contributed by atoms with Gasteiger partial charge in [-0.05, 0) is 30.5 Å². The van der Waals surface area contributed by atoms with Gasteiger partial charge in [-0.3, -0.25) is 9.59 Å². The van der Waals surface area contributed by atoms with E-state index in [1.54, 1.807) is 0 Å². The lowest BCUT2D eigenvalue weighted by Gasteiger charge is -2.28. The molecule has 2 aliphatic heterocycles. The number of nitrogens with one attached hydrogen (secondary N) is 1. The fourth-order valence-corrected chi connectivity index (χ4v) is 3.80. The Kier molecular flexibility index (Phi) is 4.61. The summed E-state index contributed by atoms with van der Waals surface area (Å²) in [6, 6.07) is 18.1. The van der Waals surface area contributed by atoms with Gasteiger partial charge < -0.3 is 15.1 Å². The second-order valence-electron chi connectivity index (χ2n) is 6.90. The molecule has 26 heavy (non-hydrogen) atoms. The smallest absolute Gasteiger partial charge is 0.249 e. The van der Waals surface area contributed by atoms with E-state index in [1.807, 2.05) is 29.2 Å². The molecule has 1 atom stereocenters. The van der Waals surface area contributed by atoms with Crippen LogP contribution < -0.4 is 15.1 Å². The predicted octanol–water partition coefficient (Wildman–Crippen LogP) is 2.71. The monoisotopic (exact) mass is 349 g/mol. The van der Waals surface area contributed by atoms with Crippen LogP contribution >= 0.6 is 0 Å². The van der Waals surface area contributed by atoms with Crippen LogP contribution in [-0.4, -0.2) is 30.9 Å². The molecule has 4 rings (SSSR count). The molecule has 2 aromatic rings. The zero-order valence-corrected chi connectivity index (χ0v) is 14.7. The minimum atomic E-state index is -0.392. The molecular formula is C21H23N3O2. The molecule has 5 nitrogen and oxygen atoms in total. The van der Waals surface area contributed by atoms with Gasteiger partial charge in [-0.2, -0.15) is 0 Å². The van der Waals surface area contributed by atoms with Crippen molar-refractivity contribution in [2.45, 2.75) is 31.8 Å². The molecule has 0 unspecified atom stereocenters. The van der Waals surface area contributed by atoms with Gasteiger partial charge in [0.25, 0.3) is 0 Å². The molecule has 0 saturated carbocycles. The van der Waals surface area contributed by atoms with Crippen molar-refractivity contribution in [1.29, 1.82) is 0 Å². The van der Waals surface area contributed by atoms with Gasteiger partial charge in [0.1, 0.15) is 6.04 Å². The van der Waals surface area contributed by atoms with Gasteiger partial charge >= 0.3 is 0 Å². The van der Waals surface area contributed by atoms with E-state index in [-0.39, 0.29) is 11.8 Å². The topological polar surface area (TPSA) is 52.7 Å². The summed E-state index contributed by atoms with van der Waals surface area (Å²) in [4.78, 5) is 28.7. The Hall–Kier alpha value is -2.82. The van der Waals surface area contributed by atoms with Gasteiger partial charge in [-0.25, -0.2) is 0 Å². The molecule has 1 saturated heterocycles. The summed E-state index contributed by atoms with van der Waals surface area (Å²) < 4.78 is 0. The maximum Gasteiger partial charge on any atom is 0.249 e. The van der Waals surface area contributed by atoms with Crippen molar-refractivity contribution in [3.05, 3.63) is 60.2 Å². The lowest BCUT2D eigenvalue weighted by atomic mass is 10.1. The average molecular weight is 349 g/mol. The summed E-state index contributed by atoms with van der Waals surface area (Å²) in [7, 11) is 0. The third kappa shape index (κ3) is 3.29. The Labute approximate surface area is 153 Å². The molecule has 0 aliphatic carbocycles. The number of para-hydroxylation sites is 2. The molecule has 2 aromatic carbocycles. The number of carbonyl (C=O) groups is 2. The molecule has 0 aromatic heterocycles. The number of hydrogen-bond acceptors (Lipinski definition) is 3. The summed E-state index contributed by atoms with van der Waals surface area (Å²) in [6.45, 7) is 2.39. The van der Waals surface area contributed by atoms with Gasteiger partial charge in [0, 0.05) is 26.1 Å². The first-order chi connectivity index (χ1) is 12.7. The Morgan fingerprint density at radius 2 is 1.73 bits per heavy atom. The van der Waals surface area contributed by atoms with Gasteiger partial charge in [-0.1, -0.05) is 42.5 Å². The first kappa shape index (κ1) is 16.6. The standard InChI is InChI=1S/C21H23N3O2/c25-20-12-11-17(22-20)21(26)24-14-6-13-23(15-16-7-2-1-3-8-16)18-9-4-5-10-19(18)24/h1-5,7-10,17H,6,11-15H2,(H,22,25)/t17-/m1/s1. The fourth-order valence-electron chi connectivity index (χ4n) is 3.80. The van der Waals surface area contributed by atoms with E-state index in [4.69, 9.17) is 0 Å². The van der Waals surface area contributed by atoms with Gasteiger partial charge in [0.2, 0.25) is 11.8 Å². The molecule has 1 fully saturated rings. The van der Waals surface area contributed by atoms with Crippen molar-refractivity contribution in [1.82, 2.24) is 5.32 Å². The molecule has 1 N–H and O–H groups in total. The number of amides is 2. The van der Waals surface area contributed by atoms with Crippen LogP contribution in [0.2, 0.25) is 0 Å². The van der Waals surface area contributed by atoms with E-state index in [9.17, 15) is 9.59 Å². The SMILES string of the molecule is O=C1CC[C@H](C(=O)N2CCCN(Cc3ccccc3)c3ccccc32)N1. The van der Waals surface area contributed by atoms with Crippen LogP contribution in [0, 0.1) is 0 Å². The Morgan fingerprint density at radius 1 is 1.00 bits per heavy atom.